The molecule has 4 nitrogen and oxygen atoms in total. The van der Waals surface area contributed by atoms with E-state index in [9.17, 15) is 0 Å². The summed E-state index contributed by atoms with van der Waals surface area (Å²) >= 11 is 0. The van der Waals surface area contributed by atoms with E-state index in [1.807, 2.05) is 6.07 Å². The van der Waals surface area contributed by atoms with Crippen molar-refractivity contribution in [1.82, 2.24) is 0 Å². The van der Waals surface area contributed by atoms with Gasteiger partial charge in [0, 0.05) is 0 Å². The average molecular weight is 223 g/mol. The van der Waals surface area contributed by atoms with Gasteiger partial charge in [0.05, 0.1) is 6.61 Å². The van der Waals surface area contributed by atoms with Crippen molar-refractivity contribution in [3.05, 3.63) is 23.3 Å². The molecular formula is C12H17NO3. The Kier molecular flexibility index (Phi) is 3.64. The molecule has 0 fully saturated rings. The Bertz CT molecular complexity index is 366. The minimum Gasteiger partial charge on any atom is -0.486 e. The minimum atomic E-state index is 0.520. The molecule has 0 aliphatic carbocycles. The highest BCUT2D eigenvalue weighted by molar-refractivity contribution is 5.48. The topological polar surface area (TPSA) is 53.7 Å². The quantitative estimate of drug-likeness (QED) is 0.785. The first-order valence-corrected chi connectivity index (χ1v) is 5.58. The highest BCUT2D eigenvalue weighted by Gasteiger charge is 2.14. The maximum atomic E-state index is 5.55. The van der Waals surface area contributed by atoms with Gasteiger partial charge in [-0.3, -0.25) is 0 Å². The summed E-state index contributed by atoms with van der Waals surface area (Å²) in [7, 11) is 0. The predicted molar refractivity (Wildman–Crippen MR) is 60.7 cm³/mol. The Morgan fingerprint density at radius 2 is 1.81 bits per heavy atom. The third-order valence-corrected chi connectivity index (χ3v) is 2.73. The van der Waals surface area contributed by atoms with Crippen molar-refractivity contribution >= 4 is 0 Å². The lowest BCUT2D eigenvalue weighted by Crippen LogP contribution is -2.16. The number of ether oxygens (including phenoxy) is 2. The van der Waals surface area contributed by atoms with Crippen molar-refractivity contribution < 1.29 is 14.3 Å². The third kappa shape index (κ3) is 2.28. The van der Waals surface area contributed by atoms with E-state index >= 15 is 0 Å². The van der Waals surface area contributed by atoms with Gasteiger partial charge in [0.15, 0.2) is 11.5 Å². The number of rotatable bonds is 4. The summed E-state index contributed by atoms with van der Waals surface area (Å²) in [4.78, 5) is 4.62. The predicted octanol–water partition coefficient (Wildman–Crippen LogP) is 1.45. The fraction of sp³-hybridized carbons (Fsp3) is 0.500. The van der Waals surface area contributed by atoms with Crippen LogP contribution in [0.1, 0.15) is 18.1 Å². The summed E-state index contributed by atoms with van der Waals surface area (Å²) < 4.78 is 11.1. The third-order valence-electron chi connectivity index (χ3n) is 2.73. The number of benzene rings is 1. The molecule has 0 atom stereocenters. The zero-order valence-electron chi connectivity index (χ0n) is 9.49. The Labute approximate surface area is 95.2 Å². The second-order valence-corrected chi connectivity index (χ2v) is 3.74. The fourth-order valence-corrected chi connectivity index (χ4v) is 1.90. The Hall–Kier alpha value is -1.26. The normalized spacial score (nSPS) is 13.9. The Balaban J connectivity index is 2.28. The van der Waals surface area contributed by atoms with Crippen molar-refractivity contribution in [2.24, 2.45) is 5.90 Å². The first kappa shape index (κ1) is 11.2. The molecule has 2 rings (SSSR count). The molecule has 2 N–H and O–H groups in total. The lowest BCUT2D eigenvalue weighted by atomic mass is 10.0. The van der Waals surface area contributed by atoms with E-state index in [1.54, 1.807) is 0 Å². The molecule has 0 unspecified atom stereocenters. The summed E-state index contributed by atoms with van der Waals surface area (Å²) in [6.45, 7) is 3.89. The molecule has 1 aromatic rings. The molecule has 1 aliphatic heterocycles. The van der Waals surface area contributed by atoms with Gasteiger partial charge in [-0.1, -0.05) is 6.92 Å². The number of hydrogen-bond donors (Lipinski definition) is 1. The summed E-state index contributed by atoms with van der Waals surface area (Å²) in [5.74, 6) is 6.73. The number of aryl methyl sites for hydroxylation is 1. The molecule has 0 spiro atoms. The smallest absolute Gasteiger partial charge is 0.161 e. The molecule has 0 bridgehead atoms. The van der Waals surface area contributed by atoms with Crippen LogP contribution in [0.4, 0.5) is 0 Å². The van der Waals surface area contributed by atoms with Crippen molar-refractivity contribution in [1.29, 1.82) is 0 Å². The standard InChI is InChI=1S/C12H17NO3/c1-2-9-7-11-12(15-6-5-14-11)8-10(9)3-4-16-13/h7-8H,2-6,13H2,1H3. The summed E-state index contributed by atoms with van der Waals surface area (Å²) in [6.07, 6.45) is 1.77. The lowest BCUT2D eigenvalue weighted by Gasteiger charge is -2.20. The molecule has 88 valence electrons. The molecule has 0 amide bonds. The zero-order valence-corrected chi connectivity index (χ0v) is 9.49. The maximum Gasteiger partial charge on any atom is 0.161 e. The van der Waals surface area contributed by atoms with Gasteiger partial charge < -0.3 is 14.3 Å². The van der Waals surface area contributed by atoms with Crippen LogP contribution in [0.25, 0.3) is 0 Å². The van der Waals surface area contributed by atoms with E-state index in [1.165, 1.54) is 11.1 Å². The molecule has 0 saturated heterocycles. The Morgan fingerprint density at radius 3 is 2.38 bits per heavy atom. The molecule has 0 saturated carbocycles. The van der Waals surface area contributed by atoms with Crippen LogP contribution in [0, 0.1) is 0 Å². The van der Waals surface area contributed by atoms with Gasteiger partial charge in [-0.25, -0.2) is 5.90 Å². The minimum absolute atomic E-state index is 0.520. The van der Waals surface area contributed by atoms with Crippen molar-refractivity contribution in [3.8, 4) is 11.5 Å². The summed E-state index contributed by atoms with van der Waals surface area (Å²) in [6, 6.07) is 4.09. The zero-order chi connectivity index (χ0) is 11.4. The average Bonchev–Trinajstić information content (AvgIpc) is 2.35. The van der Waals surface area contributed by atoms with E-state index in [2.05, 4.69) is 17.8 Å². The van der Waals surface area contributed by atoms with Gasteiger partial charge in [0.25, 0.3) is 0 Å². The van der Waals surface area contributed by atoms with Crippen LogP contribution in [0.2, 0.25) is 0 Å². The maximum absolute atomic E-state index is 5.55. The van der Waals surface area contributed by atoms with Crippen LogP contribution in [-0.2, 0) is 17.7 Å². The fourth-order valence-electron chi connectivity index (χ4n) is 1.90. The van der Waals surface area contributed by atoms with Crippen molar-refractivity contribution in [2.75, 3.05) is 19.8 Å². The van der Waals surface area contributed by atoms with Crippen LogP contribution in [0.5, 0.6) is 11.5 Å². The van der Waals surface area contributed by atoms with E-state index in [4.69, 9.17) is 15.4 Å². The second-order valence-electron chi connectivity index (χ2n) is 3.74. The first-order valence-electron chi connectivity index (χ1n) is 5.58. The number of nitrogens with two attached hydrogens (primary N) is 1. The molecule has 4 heteroatoms. The van der Waals surface area contributed by atoms with Crippen LogP contribution >= 0.6 is 0 Å². The SMILES string of the molecule is CCc1cc2c(cc1CCON)OCCO2. The Morgan fingerprint density at radius 1 is 1.19 bits per heavy atom. The first-order chi connectivity index (χ1) is 7.85. The van der Waals surface area contributed by atoms with E-state index in [0.29, 0.717) is 19.8 Å². The van der Waals surface area contributed by atoms with Gasteiger partial charge in [0.1, 0.15) is 13.2 Å². The number of hydrogen-bond acceptors (Lipinski definition) is 4. The van der Waals surface area contributed by atoms with E-state index in [-0.39, 0.29) is 0 Å². The molecule has 0 aromatic heterocycles. The van der Waals surface area contributed by atoms with Gasteiger partial charge in [-0.15, -0.1) is 0 Å². The van der Waals surface area contributed by atoms with Crippen molar-refractivity contribution in [3.63, 3.8) is 0 Å². The van der Waals surface area contributed by atoms with Gasteiger partial charge in [-0.05, 0) is 36.1 Å². The van der Waals surface area contributed by atoms with Gasteiger partial charge in [-0.2, -0.15) is 0 Å². The highest BCUT2D eigenvalue weighted by Crippen LogP contribution is 2.33. The largest absolute Gasteiger partial charge is 0.486 e. The highest BCUT2D eigenvalue weighted by atomic mass is 16.6. The summed E-state index contributed by atoms with van der Waals surface area (Å²) in [5.41, 5.74) is 2.48. The van der Waals surface area contributed by atoms with Gasteiger partial charge in [0.2, 0.25) is 0 Å². The monoisotopic (exact) mass is 223 g/mol. The summed E-state index contributed by atoms with van der Waals surface area (Å²) in [5, 5.41) is 0. The lowest BCUT2D eigenvalue weighted by molar-refractivity contribution is 0.140. The second kappa shape index (κ2) is 5.18. The van der Waals surface area contributed by atoms with Crippen LogP contribution < -0.4 is 15.4 Å². The van der Waals surface area contributed by atoms with Crippen LogP contribution in [-0.4, -0.2) is 19.8 Å². The molecule has 1 aromatic carbocycles. The van der Waals surface area contributed by atoms with E-state index < -0.39 is 0 Å². The molecular weight excluding hydrogens is 206 g/mol. The van der Waals surface area contributed by atoms with E-state index in [0.717, 1.165) is 24.3 Å². The van der Waals surface area contributed by atoms with Gasteiger partial charge >= 0.3 is 0 Å². The molecule has 1 aliphatic rings. The van der Waals surface area contributed by atoms with Crippen LogP contribution in [0.3, 0.4) is 0 Å². The molecule has 16 heavy (non-hydrogen) atoms. The van der Waals surface area contributed by atoms with Crippen molar-refractivity contribution in [2.45, 2.75) is 19.8 Å². The van der Waals surface area contributed by atoms with Crippen LogP contribution in [0.15, 0.2) is 12.1 Å². The molecule has 0 radical (unpaired) electrons. The number of fused-ring (bicyclic) bond motifs is 1. The molecule has 1 heterocycles.